The summed E-state index contributed by atoms with van der Waals surface area (Å²) in [4.78, 5) is 20.6. The van der Waals surface area contributed by atoms with Gasteiger partial charge >= 0.3 is 0 Å². The minimum atomic E-state index is -1.80. The maximum Gasteiger partial charge on any atom is 0.257 e. The van der Waals surface area contributed by atoms with E-state index in [1.165, 1.54) is 37.1 Å². The normalized spacial score (nSPS) is 20.0. The maximum absolute atomic E-state index is 16.5. The maximum atomic E-state index is 16.5. The van der Waals surface area contributed by atoms with Crippen molar-refractivity contribution < 1.29 is 28.9 Å². The Bertz CT molecular complexity index is 1470. The van der Waals surface area contributed by atoms with E-state index in [1.807, 2.05) is 0 Å². The van der Waals surface area contributed by atoms with Crippen LogP contribution in [-0.4, -0.2) is 52.4 Å². The first kappa shape index (κ1) is 30.6. The summed E-state index contributed by atoms with van der Waals surface area (Å²) in [6.45, 7) is 6.87. The molecule has 0 spiro atoms. The molecule has 0 bridgehead atoms. The van der Waals surface area contributed by atoms with Gasteiger partial charge in [-0.1, -0.05) is 41.4 Å². The van der Waals surface area contributed by atoms with Crippen molar-refractivity contribution in [1.29, 1.82) is 0 Å². The lowest BCUT2D eigenvalue weighted by molar-refractivity contribution is -0.147. The molecule has 2 atom stereocenters. The van der Waals surface area contributed by atoms with Crippen LogP contribution in [0.3, 0.4) is 0 Å². The van der Waals surface area contributed by atoms with E-state index in [-0.39, 0.29) is 43.1 Å². The van der Waals surface area contributed by atoms with Crippen molar-refractivity contribution in [3.05, 3.63) is 111 Å². The molecule has 0 radical (unpaired) electrons. The lowest BCUT2D eigenvalue weighted by Gasteiger charge is -2.44. The highest BCUT2D eigenvalue weighted by Gasteiger charge is 2.59. The van der Waals surface area contributed by atoms with Crippen molar-refractivity contribution in [3.63, 3.8) is 0 Å². The second-order valence-corrected chi connectivity index (χ2v) is 12.3. The van der Waals surface area contributed by atoms with Crippen LogP contribution in [0.15, 0.2) is 67.4 Å². The number of hydrogen-bond donors (Lipinski definition) is 2. The summed E-state index contributed by atoms with van der Waals surface area (Å²) in [6, 6.07) is 11.9. The quantitative estimate of drug-likeness (QED) is 0.188. The Balaban J connectivity index is 1.80. The number of hydrogen-bond acceptors (Lipinski definition) is 6. The molecule has 1 amide bonds. The Hall–Kier alpha value is -2.85. The first-order valence-corrected chi connectivity index (χ1v) is 14.4. The highest BCUT2D eigenvalue weighted by Crippen LogP contribution is 2.54. The summed E-state index contributed by atoms with van der Waals surface area (Å²) in [5.41, 5.74) is -2.56. The number of ether oxygens (including phenoxy) is 2. The zero-order valence-electron chi connectivity index (χ0n) is 23.4. The fraction of sp³-hybridized carbons (Fsp3) is 0.375. The number of amides is 1. The number of fused-ring (bicyclic) bond motifs is 1. The third kappa shape index (κ3) is 5.60. The van der Waals surface area contributed by atoms with Gasteiger partial charge in [-0.15, -0.1) is 6.58 Å². The number of aromatic nitrogens is 1. The Morgan fingerprint density at radius 3 is 2.43 bits per heavy atom. The van der Waals surface area contributed by atoms with E-state index in [9.17, 15) is 15.0 Å². The molecule has 42 heavy (non-hydrogen) atoms. The largest absolute Gasteiger partial charge is 0.396 e. The molecule has 7 nitrogen and oxygen atoms in total. The Morgan fingerprint density at radius 2 is 1.86 bits per heavy atom. The van der Waals surface area contributed by atoms with Crippen LogP contribution in [0.25, 0.3) is 0 Å². The highest BCUT2D eigenvalue weighted by atomic mass is 35.5. The van der Waals surface area contributed by atoms with Crippen LogP contribution < -0.4 is 0 Å². The minimum absolute atomic E-state index is 0.000698. The van der Waals surface area contributed by atoms with Crippen molar-refractivity contribution in [2.45, 2.75) is 44.1 Å². The van der Waals surface area contributed by atoms with E-state index in [0.29, 0.717) is 21.3 Å². The van der Waals surface area contributed by atoms with Gasteiger partial charge in [0.1, 0.15) is 11.9 Å². The smallest absolute Gasteiger partial charge is 0.257 e. The second-order valence-electron chi connectivity index (χ2n) is 11.5. The van der Waals surface area contributed by atoms with Gasteiger partial charge in [-0.2, -0.15) is 0 Å². The molecule has 2 heterocycles. The molecule has 1 aromatic heterocycles. The van der Waals surface area contributed by atoms with E-state index in [4.69, 9.17) is 32.7 Å². The number of pyridine rings is 1. The molecule has 10 heteroatoms. The molecule has 2 aliphatic rings. The van der Waals surface area contributed by atoms with Crippen LogP contribution in [0, 0.1) is 11.2 Å². The van der Waals surface area contributed by atoms with Gasteiger partial charge in [-0.25, -0.2) is 4.39 Å². The van der Waals surface area contributed by atoms with Crippen LogP contribution in [0.2, 0.25) is 10.0 Å². The van der Waals surface area contributed by atoms with Gasteiger partial charge < -0.3 is 19.7 Å². The molecule has 5 rings (SSSR count). The molecule has 1 fully saturated rings. The lowest BCUT2D eigenvalue weighted by Crippen LogP contribution is -2.51. The third-order valence-electron chi connectivity index (χ3n) is 7.95. The van der Waals surface area contributed by atoms with Crippen LogP contribution in [-0.2, 0) is 20.8 Å². The fourth-order valence-electron chi connectivity index (χ4n) is 5.33. The van der Waals surface area contributed by atoms with Gasteiger partial charge in [0, 0.05) is 22.2 Å². The van der Waals surface area contributed by atoms with Gasteiger partial charge in [-0.3, -0.25) is 14.7 Å². The number of aliphatic hydroxyl groups excluding tert-OH is 1. The first-order chi connectivity index (χ1) is 20.0. The monoisotopic (exact) mass is 614 g/mol. The van der Waals surface area contributed by atoms with Gasteiger partial charge in [0.25, 0.3) is 5.91 Å². The molecule has 1 aliphatic carbocycles. The average molecular weight is 616 g/mol. The zero-order chi connectivity index (χ0) is 30.3. The summed E-state index contributed by atoms with van der Waals surface area (Å²) in [5.74, 6) is -1.26. The van der Waals surface area contributed by atoms with E-state index in [1.54, 1.807) is 42.5 Å². The molecule has 0 saturated heterocycles. The predicted molar refractivity (Wildman–Crippen MR) is 158 cm³/mol. The topological polar surface area (TPSA) is 92.1 Å². The Morgan fingerprint density at radius 1 is 1.17 bits per heavy atom. The average Bonchev–Trinajstić information content (AvgIpc) is 3.70. The second kappa shape index (κ2) is 11.7. The number of carbonyl (C=O) groups is 1. The number of carbonyl (C=O) groups excluding carboxylic acids is 1. The lowest BCUT2D eigenvalue weighted by atomic mass is 9.88. The molecular weight excluding hydrogens is 582 g/mol. The summed E-state index contributed by atoms with van der Waals surface area (Å²) < 4.78 is 29.2. The number of halogens is 3. The summed E-state index contributed by atoms with van der Waals surface area (Å²) in [5, 5.41) is 21.8. The number of rotatable bonds is 12. The third-order valence-corrected chi connectivity index (χ3v) is 8.43. The SMILES string of the molecule is C=CCOC[C@@H](c1ccc(Cl)cn1)N1C(=O)c2cc(C(C)(C)O)cc(F)c2[C@]1(OCC1(CO)CC1)c1ccc(Cl)cc1. The molecule has 3 aromatic rings. The molecule has 2 aromatic carbocycles. The Kier molecular flexibility index (Phi) is 8.51. The van der Waals surface area contributed by atoms with Crippen LogP contribution in [0.4, 0.5) is 4.39 Å². The van der Waals surface area contributed by atoms with Gasteiger partial charge in [-0.05, 0) is 68.7 Å². The molecular formula is C32H33Cl2FN2O5. The van der Waals surface area contributed by atoms with Crippen LogP contribution in [0.5, 0.6) is 0 Å². The van der Waals surface area contributed by atoms with Gasteiger partial charge in [0.05, 0.1) is 53.9 Å². The number of benzene rings is 2. The van der Waals surface area contributed by atoms with Crippen molar-refractivity contribution in [2.24, 2.45) is 5.41 Å². The van der Waals surface area contributed by atoms with E-state index >= 15 is 4.39 Å². The molecule has 222 valence electrons. The van der Waals surface area contributed by atoms with Crippen LogP contribution in [0.1, 0.15) is 65.5 Å². The summed E-state index contributed by atoms with van der Waals surface area (Å²) >= 11 is 12.4. The summed E-state index contributed by atoms with van der Waals surface area (Å²) in [7, 11) is 0. The van der Waals surface area contributed by atoms with Crippen molar-refractivity contribution >= 4 is 29.1 Å². The fourth-order valence-corrected chi connectivity index (χ4v) is 5.57. The van der Waals surface area contributed by atoms with E-state index < -0.39 is 34.5 Å². The number of nitrogens with zero attached hydrogens (tertiary/aromatic N) is 2. The predicted octanol–water partition coefficient (Wildman–Crippen LogP) is 6.14. The van der Waals surface area contributed by atoms with Crippen LogP contribution >= 0.6 is 23.2 Å². The standard InChI is InChI=1S/C32H33Cl2FN2O5/c1-4-13-41-17-27(26-10-9-23(34)16-36-26)37-29(39)24-14-21(30(2,3)40)15-25(35)28(24)32(37,20-5-7-22(33)8-6-20)42-19-31(18-38)11-12-31/h4-10,14-16,27,38,40H,1,11-13,17-19H2,2-3H3/t27-,32+/m0/s1. The van der Waals surface area contributed by atoms with E-state index in [0.717, 1.165) is 12.8 Å². The van der Waals surface area contributed by atoms with E-state index in [2.05, 4.69) is 11.6 Å². The minimum Gasteiger partial charge on any atom is -0.396 e. The van der Waals surface area contributed by atoms with Gasteiger partial charge in [0.2, 0.25) is 5.72 Å². The molecule has 2 N–H and O–H groups in total. The molecule has 1 aliphatic heterocycles. The zero-order valence-corrected chi connectivity index (χ0v) is 25.0. The van der Waals surface area contributed by atoms with Crippen molar-refractivity contribution in [2.75, 3.05) is 26.4 Å². The van der Waals surface area contributed by atoms with Crippen molar-refractivity contribution in [1.82, 2.24) is 9.88 Å². The molecule has 1 saturated carbocycles. The summed E-state index contributed by atoms with van der Waals surface area (Å²) in [6.07, 6.45) is 4.51. The number of aliphatic hydroxyl groups is 2. The van der Waals surface area contributed by atoms with Gasteiger partial charge in [0.15, 0.2) is 0 Å². The highest BCUT2D eigenvalue weighted by molar-refractivity contribution is 6.30. The molecule has 0 unspecified atom stereocenters. The Labute approximate surface area is 254 Å². The first-order valence-electron chi connectivity index (χ1n) is 13.7. The van der Waals surface area contributed by atoms with Crippen molar-refractivity contribution in [3.8, 4) is 0 Å².